The van der Waals surface area contributed by atoms with E-state index in [1.807, 2.05) is 29.7 Å². The zero-order chi connectivity index (χ0) is 18.4. The third-order valence-electron chi connectivity index (χ3n) is 4.75. The Morgan fingerprint density at radius 2 is 2.00 bits per heavy atom. The number of benzene rings is 1. The number of halogens is 1. The van der Waals surface area contributed by atoms with Crippen molar-refractivity contribution in [1.29, 1.82) is 0 Å². The molecule has 1 aliphatic rings. The summed E-state index contributed by atoms with van der Waals surface area (Å²) in [7, 11) is 0. The van der Waals surface area contributed by atoms with E-state index in [1.54, 1.807) is 6.33 Å². The van der Waals surface area contributed by atoms with Gasteiger partial charge in [0.05, 0.1) is 11.4 Å². The van der Waals surface area contributed by atoms with E-state index in [9.17, 15) is 4.79 Å². The lowest BCUT2D eigenvalue weighted by Crippen LogP contribution is -2.36. The minimum absolute atomic E-state index is 0.0667. The van der Waals surface area contributed by atoms with E-state index < -0.39 is 0 Å². The summed E-state index contributed by atoms with van der Waals surface area (Å²) in [6.07, 6.45) is 10.1. The van der Waals surface area contributed by atoms with E-state index in [1.165, 1.54) is 43.9 Å². The first kappa shape index (κ1) is 19.2. The molecule has 1 aliphatic carbocycles. The minimum atomic E-state index is 0.0667. The van der Waals surface area contributed by atoms with Gasteiger partial charge in [-0.05, 0) is 37.5 Å². The quantitative estimate of drug-likeness (QED) is 0.758. The largest absolute Gasteiger partial charge is 0.353 e. The highest BCUT2D eigenvalue weighted by molar-refractivity contribution is 7.99. The van der Waals surface area contributed by atoms with Crippen molar-refractivity contribution in [3.8, 4) is 5.69 Å². The summed E-state index contributed by atoms with van der Waals surface area (Å²) in [6, 6.07) is 6.15. The van der Waals surface area contributed by atoms with Crippen molar-refractivity contribution in [2.45, 2.75) is 63.1 Å². The van der Waals surface area contributed by atoms with Crippen LogP contribution in [0.1, 0.15) is 50.5 Å². The van der Waals surface area contributed by atoms with Crippen molar-refractivity contribution < 1.29 is 4.79 Å². The van der Waals surface area contributed by atoms with Gasteiger partial charge < -0.3 is 5.32 Å². The van der Waals surface area contributed by atoms with Gasteiger partial charge in [-0.25, -0.2) is 0 Å². The summed E-state index contributed by atoms with van der Waals surface area (Å²) in [5.41, 5.74) is 1.92. The van der Waals surface area contributed by atoms with Crippen LogP contribution in [0.25, 0.3) is 5.69 Å². The number of aryl methyl sites for hydroxylation is 1. The zero-order valence-electron chi connectivity index (χ0n) is 15.1. The van der Waals surface area contributed by atoms with Crippen molar-refractivity contribution >= 4 is 29.3 Å². The van der Waals surface area contributed by atoms with Crippen LogP contribution in [0, 0.1) is 6.92 Å². The number of aromatic nitrogens is 3. The van der Waals surface area contributed by atoms with Gasteiger partial charge in [0, 0.05) is 11.1 Å². The van der Waals surface area contributed by atoms with Gasteiger partial charge in [0.25, 0.3) is 0 Å². The summed E-state index contributed by atoms with van der Waals surface area (Å²) >= 11 is 7.62. The molecule has 3 rings (SSSR count). The number of carbonyl (C=O) groups excluding carboxylic acids is 1. The Bertz CT molecular complexity index is 741. The molecule has 0 saturated heterocycles. The van der Waals surface area contributed by atoms with E-state index in [2.05, 4.69) is 15.5 Å². The number of rotatable bonds is 5. The second kappa shape index (κ2) is 9.42. The normalized spacial score (nSPS) is 16.1. The Morgan fingerprint density at radius 3 is 2.73 bits per heavy atom. The first-order valence-corrected chi connectivity index (χ1v) is 10.6. The molecule has 1 heterocycles. The second-order valence-corrected chi connectivity index (χ2v) is 8.16. The van der Waals surface area contributed by atoms with Crippen LogP contribution in [0.3, 0.4) is 0 Å². The third-order valence-corrected chi connectivity index (χ3v) is 6.10. The number of thioether (sulfide) groups is 1. The van der Waals surface area contributed by atoms with Crippen LogP contribution in [-0.4, -0.2) is 32.5 Å². The Labute approximate surface area is 163 Å². The SMILES string of the molecule is Cc1ccc(-n2cnnc2SCC(=O)NC2CCCCCCC2)cc1Cl. The smallest absolute Gasteiger partial charge is 0.230 e. The molecule has 2 aromatic rings. The summed E-state index contributed by atoms with van der Waals surface area (Å²) in [5.74, 6) is 0.409. The van der Waals surface area contributed by atoms with Gasteiger partial charge in [-0.15, -0.1) is 10.2 Å². The lowest BCUT2D eigenvalue weighted by molar-refractivity contribution is -0.119. The molecule has 0 radical (unpaired) electrons. The molecule has 1 saturated carbocycles. The van der Waals surface area contributed by atoms with Gasteiger partial charge >= 0.3 is 0 Å². The molecule has 1 aromatic heterocycles. The van der Waals surface area contributed by atoms with Crippen LogP contribution in [0.2, 0.25) is 5.02 Å². The van der Waals surface area contributed by atoms with Gasteiger partial charge in [-0.1, -0.05) is 61.5 Å². The zero-order valence-corrected chi connectivity index (χ0v) is 16.7. The van der Waals surface area contributed by atoms with Crippen LogP contribution >= 0.6 is 23.4 Å². The molecular formula is C19H25ClN4OS. The summed E-state index contributed by atoms with van der Waals surface area (Å²) in [4.78, 5) is 12.3. The van der Waals surface area contributed by atoms with Crippen LogP contribution < -0.4 is 5.32 Å². The monoisotopic (exact) mass is 392 g/mol. The molecular weight excluding hydrogens is 368 g/mol. The average molecular weight is 393 g/mol. The van der Waals surface area contributed by atoms with E-state index in [-0.39, 0.29) is 5.91 Å². The summed E-state index contributed by atoms with van der Waals surface area (Å²) in [6.45, 7) is 1.97. The molecule has 140 valence electrons. The number of carbonyl (C=O) groups is 1. The van der Waals surface area contributed by atoms with Gasteiger partial charge in [-0.2, -0.15) is 0 Å². The highest BCUT2D eigenvalue weighted by Gasteiger charge is 2.16. The lowest BCUT2D eigenvalue weighted by Gasteiger charge is -2.20. The van der Waals surface area contributed by atoms with Crippen LogP contribution in [-0.2, 0) is 4.79 Å². The van der Waals surface area contributed by atoms with Gasteiger partial charge in [0.2, 0.25) is 5.91 Å². The Balaban J connectivity index is 1.57. The molecule has 0 spiro atoms. The average Bonchev–Trinajstić information content (AvgIpc) is 3.06. The number of hydrogen-bond donors (Lipinski definition) is 1. The number of nitrogens with zero attached hydrogens (tertiary/aromatic N) is 3. The summed E-state index contributed by atoms with van der Waals surface area (Å²) < 4.78 is 1.86. The maximum Gasteiger partial charge on any atom is 0.230 e. The highest BCUT2D eigenvalue weighted by atomic mass is 35.5. The lowest BCUT2D eigenvalue weighted by atomic mass is 9.97. The molecule has 1 N–H and O–H groups in total. The van der Waals surface area contributed by atoms with E-state index in [0.29, 0.717) is 22.0 Å². The van der Waals surface area contributed by atoms with Crippen molar-refractivity contribution in [3.63, 3.8) is 0 Å². The Kier molecular flexibility index (Phi) is 6.97. The van der Waals surface area contributed by atoms with Crippen LogP contribution in [0.4, 0.5) is 0 Å². The number of nitrogens with one attached hydrogen (secondary N) is 1. The third kappa shape index (κ3) is 5.24. The molecule has 0 bridgehead atoms. The molecule has 1 fully saturated rings. The topological polar surface area (TPSA) is 59.8 Å². The molecule has 7 heteroatoms. The van der Waals surface area contributed by atoms with Crippen molar-refractivity contribution in [3.05, 3.63) is 35.1 Å². The maximum absolute atomic E-state index is 12.3. The molecule has 0 atom stereocenters. The van der Waals surface area contributed by atoms with E-state index in [0.717, 1.165) is 24.1 Å². The maximum atomic E-state index is 12.3. The van der Waals surface area contributed by atoms with Crippen molar-refractivity contribution in [2.24, 2.45) is 0 Å². The van der Waals surface area contributed by atoms with Crippen LogP contribution in [0.15, 0.2) is 29.7 Å². The molecule has 5 nitrogen and oxygen atoms in total. The Morgan fingerprint density at radius 1 is 1.27 bits per heavy atom. The predicted molar refractivity (Wildman–Crippen MR) is 106 cm³/mol. The fourth-order valence-electron chi connectivity index (χ4n) is 3.23. The number of hydrogen-bond acceptors (Lipinski definition) is 4. The predicted octanol–water partition coefficient (Wildman–Crippen LogP) is 4.55. The minimum Gasteiger partial charge on any atom is -0.353 e. The Hall–Kier alpha value is -1.53. The van der Waals surface area contributed by atoms with Gasteiger partial charge in [0.1, 0.15) is 6.33 Å². The standard InChI is InChI=1S/C19H25ClN4OS/c1-14-9-10-16(11-17(14)20)24-13-21-23-19(24)26-12-18(25)22-15-7-5-3-2-4-6-8-15/h9-11,13,15H,2-8,12H2,1H3,(H,22,25). The van der Waals surface area contributed by atoms with Gasteiger partial charge in [-0.3, -0.25) is 9.36 Å². The van der Waals surface area contributed by atoms with Crippen LogP contribution in [0.5, 0.6) is 0 Å². The first-order chi connectivity index (χ1) is 12.6. The summed E-state index contributed by atoms with van der Waals surface area (Å²) in [5, 5.41) is 12.7. The van der Waals surface area contributed by atoms with E-state index >= 15 is 0 Å². The molecule has 1 aromatic carbocycles. The molecule has 0 unspecified atom stereocenters. The van der Waals surface area contributed by atoms with E-state index in [4.69, 9.17) is 11.6 Å². The van der Waals surface area contributed by atoms with Gasteiger partial charge in [0.15, 0.2) is 5.16 Å². The fourth-order valence-corrected chi connectivity index (χ4v) is 4.15. The van der Waals surface area contributed by atoms with Crippen molar-refractivity contribution in [2.75, 3.05) is 5.75 Å². The molecule has 1 amide bonds. The number of amides is 1. The van der Waals surface area contributed by atoms with Crippen molar-refractivity contribution in [1.82, 2.24) is 20.1 Å². The first-order valence-electron chi connectivity index (χ1n) is 9.22. The second-order valence-electron chi connectivity index (χ2n) is 6.82. The molecule has 0 aliphatic heterocycles. The fraction of sp³-hybridized carbons (Fsp3) is 0.526. The highest BCUT2D eigenvalue weighted by Crippen LogP contribution is 2.24. The molecule has 26 heavy (non-hydrogen) atoms.